The van der Waals surface area contributed by atoms with Gasteiger partial charge in [0.15, 0.2) is 0 Å². The summed E-state index contributed by atoms with van der Waals surface area (Å²) in [6.45, 7) is 5.72. The van der Waals surface area contributed by atoms with E-state index in [9.17, 15) is 0 Å². The number of ether oxygens (including phenoxy) is 1. The van der Waals surface area contributed by atoms with Gasteiger partial charge in [0.1, 0.15) is 0 Å². The van der Waals surface area contributed by atoms with Gasteiger partial charge in [-0.3, -0.25) is 4.90 Å². The predicted octanol–water partition coefficient (Wildman–Crippen LogP) is 4.12. The molecular weight excluding hydrogens is 372 g/mol. The lowest BCUT2D eigenvalue weighted by Gasteiger charge is -2.38. The van der Waals surface area contributed by atoms with Gasteiger partial charge in [0.05, 0.1) is 29.8 Å². The number of methoxy groups -OCH3 is 1. The Labute approximate surface area is 178 Å². The molecule has 2 unspecified atom stereocenters. The Morgan fingerprint density at radius 2 is 2.00 bits per heavy atom. The van der Waals surface area contributed by atoms with Gasteiger partial charge in [-0.2, -0.15) is 5.26 Å². The minimum Gasteiger partial charge on any atom is -0.379 e. The third kappa shape index (κ3) is 4.62. The van der Waals surface area contributed by atoms with Crippen molar-refractivity contribution in [2.24, 2.45) is 0 Å². The molecule has 0 radical (unpaired) electrons. The maximum absolute atomic E-state index is 8.98. The monoisotopic (exact) mass is 400 g/mol. The summed E-state index contributed by atoms with van der Waals surface area (Å²) >= 11 is 0. The number of nitrogens with zero attached hydrogens (tertiary/aromatic N) is 4. The van der Waals surface area contributed by atoms with Gasteiger partial charge in [-0.05, 0) is 43.1 Å². The van der Waals surface area contributed by atoms with Crippen LogP contribution in [0.4, 0.5) is 0 Å². The topological polar surface area (TPSA) is 54.1 Å². The summed E-state index contributed by atoms with van der Waals surface area (Å²) in [6.07, 6.45) is 5.13. The summed E-state index contributed by atoms with van der Waals surface area (Å²) < 4.78 is 8.10. The van der Waals surface area contributed by atoms with Crippen molar-refractivity contribution in [1.82, 2.24) is 14.5 Å². The molecule has 30 heavy (non-hydrogen) atoms. The molecule has 2 atom stereocenters. The van der Waals surface area contributed by atoms with Crippen molar-refractivity contribution in [2.45, 2.75) is 38.5 Å². The second-order valence-electron chi connectivity index (χ2n) is 8.14. The highest BCUT2D eigenvalue weighted by molar-refractivity contribution is 5.32. The summed E-state index contributed by atoms with van der Waals surface area (Å²) in [5.41, 5.74) is 5.74. The van der Waals surface area contributed by atoms with Crippen molar-refractivity contribution in [2.75, 3.05) is 20.2 Å². The molecule has 5 heteroatoms. The predicted molar refractivity (Wildman–Crippen MR) is 117 cm³/mol. The molecule has 0 saturated carbocycles. The molecule has 1 aliphatic rings. The zero-order valence-corrected chi connectivity index (χ0v) is 17.7. The first-order valence-corrected chi connectivity index (χ1v) is 10.5. The van der Waals surface area contributed by atoms with E-state index in [2.05, 4.69) is 51.7 Å². The van der Waals surface area contributed by atoms with E-state index in [0.29, 0.717) is 11.5 Å². The van der Waals surface area contributed by atoms with Crippen LogP contribution in [0.3, 0.4) is 0 Å². The third-order valence-corrected chi connectivity index (χ3v) is 6.04. The Bertz CT molecular complexity index is 1020. The van der Waals surface area contributed by atoms with E-state index in [0.717, 1.165) is 32.6 Å². The Morgan fingerprint density at radius 1 is 1.17 bits per heavy atom. The number of aromatic nitrogens is 2. The normalized spacial score (nSPS) is 19.5. The molecule has 1 aliphatic heterocycles. The zero-order valence-electron chi connectivity index (χ0n) is 17.7. The van der Waals surface area contributed by atoms with E-state index in [-0.39, 0.29) is 6.10 Å². The lowest BCUT2D eigenvalue weighted by Crippen LogP contribution is -2.43. The van der Waals surface area contributed by atoms with Gasteiger partial charge in [0.2, 0.25) is 0 Å². The number of likely N-dealkylation sites (tertiary alicyclic amines) is 1. The van der Waals surface area contributed by atoms with E-state index < -0.39 is 0 Å². The van der Waals surface area contributed by atoms with Crippen molar-refractivity contribution in [3.05, 3.63) is 89.0 Å². The van der Waals surface area contributed by atoms with Crippen LogP contribution in [0.15, 0.2) is 61.1 Å². The highest BCUT2D eigenvalue weighted by Gasteiger charge is 2.30. The van der Waals surface area contributed by atoms with E-state index in [1.165, 1.54) is 22.4 Å². The van der Waals surface area contributed by atoms with Gasteiger partial charge in [0, 0.05) is 38.9 Å². The minimum absolute atomic E-state index is 0.190. The van der Waals surface area contributed by atoms with Crippen LogP contribution in [0.2, 0.25) is 0 Å². The van der Waals surface area contributed by atoms with Crippen LogP contribution in [0.1, 0.15) is 40.3 Å². The molecule has 3 aromatic rings. The number of piperidine rings is 1. The summed E-state index contributed by atoms with van der Waals surface area (Å²) in [4.78, 5) is 6.85. The van der Waals surface area contributed by atoms with Crippen LogP contribution in [0, 0.1) is 18.3 Å². The molecule has 0 aliphatic carbocycles. The number of hydrogen-bond acceptors (Lipinski definition) is 4. The van der Waals surface area contributed by atoms with Gasteiger partial charge in [-0.25, -0.2) is 4.98 Å². The number of benzene rings is 2. The first-order valence-electron chi connectivity index (χ1n) is 10.5. The zero-order chi connectivity index (χ0) is 20.9. The molecule has 1 fully saturated rings. The fourth-order valence-corrected chi connectivity index (χ4v) is 4.38. The number of hydrogen-bond donors (Lipinski definition) is 0. The Hall–Kier alpha value is -2.94. The maximum Gasteiger partial charge on any atom is 0.0991 e. The van der Waals surface area contributed by atoms with Gasteiger partial charge < -0.3 is 9.30 Å². The summed E-state index contributed by atoms with van der Waals surface area (Å²) in [6, 6.07) is 18.7. The first-order chi connectivity index (χ1) is 14.7. The van der Waals surface area contributed by atoms with Gasteiger partial charge >= 0.3 is 0 Å². The Morgan fingerprint density at radius 3 is 2.73 bits per heavy atom. The van der Waals surface area contributed by atoms with Crippen molar-refractivity contribution in [3.63, 3.8) is 0 Å². The van der Waals surface area contributed by atoms with Gasteiger partial charge in [-0.1, -0.05) is 42.0 Å². The fraction of sp³-hybridized carbons (Fsp3) is 0.360. The number of imidazole rings is 1. The van der Waals surface area contributed by atoms with E-state index in [4.69, 9.17) is 10.00 Å². The average molecular weight is 401 g/mol. The third-order valence-electron chi connectivity index (χ3n) is 6.04. The molecule has 0 spiro atoms. The summed E-state index contributed by atoms with van der Waals surface area (Å²) in [7, 11) is 1.83. The van der Waals surface area contributed by atoms with Crippen molar-refractivity contribution in [1.29, 1.82) is 5.26 Å². The van der Waals surface area contributed by atoms with Crippen LogP contribution in [-0.4, -0.2) is 40.8 Å². The quantitative estimate of drug-likeness (QED) is 0.625. The Kier molecular flexibility index (Phi) is 6.27. The summed E-state index contributed by atoms with van der Waals surface area (Å²) in [5, 5.41) is 8.98. The standard InChI is InChI=1S/C25H28N4O/c1-19-4-3-5-22(12-19)24-10-11-28(17-25(24)30-2)16-23-14-27-18-29(23)15-21-8-6-20(13-26)7-9-21/h3-9,12,14,18,24-25H,10-11,15-17H2,1-2H3. The van der Waals surface area contributed by atoms with Crippen molar-refractivity contribution in [3.8, 4) is 6.07 Å². The molecule has 5 nitrogen and oxygen atoms in total. The molecule has 4 rings (SSSR count). The lowest BCUT2D eigenvalue weighted by atomic mass is 9.86. The van der Waals surface area contributed by atoms with Gasteiger partial charge in [-0.15, -0.1) is 0 Å². The number of aryl methyl sites for hydroxylation is 1. The molecule has 0 N–H and O–H groups in total. The molecule has 0 amide bonds. The van der Waals surface area contributed by atoms with Gasteiger partial charge in [0.25, 0.3) is 0 Å². The molecule has 2 aromatic carbocycles. The molecule has 0 bridgehead atoms. The van der Waals surface area contributed by atoms with E-state index in [1.807, 2.05) is 43.9 Å². The lowest BCUT2D eigenvalue weighted by molar-refractivity contribution is 0.0111. The van der Waals surface area contributed by atoms with Crippen molar-refractivity contribution >= 4 is 0 Å². The largest absolute Gasteiger partial charge is 0.379 e. The van der Waals surface area contributed by atoms with E-state index in [1.54, 1.807) is 0 Å². The molecule has 2 heterocycles. The van der Waals surface area contributed by atoms with Crippen LogP contribution in [-0.2, 0) is 17.8 Å². The van der Waals surface area contributed by atoms with E-state index >= 15 is 0 Å². The SMILES string of the molecule is COC1CN(Cc2cncn2Cc2ccc(C#N)cc2)CCC1c1cccc(C)c1. The fourth-order valence-electron chi connectivity index (χ4n) is 4.38. The smallest absolute Gasteiger partial charge is 0.0991 e. The maximum atomic E-state index is 8.98. The highest BCUT2D eigenvalue weighted by Crippen LogP contribution is 2.31. The van der Waals surface area contributed by atoms with Crippen LogP contribution in [0.25, 0.3) is 0 Å². The highest BCUT2D eigenvalue weighted by atomic mass is 16.5. The average Bonchev–Trinajstić information content (AvgIpc) is 3.20. The minimum atomic E-state index is 0.190. The molecular formula is C25H28N4O. The first kappa shape index (κ1) is 20.3. The molecule has 1 saturated heterocycles. The molecule has 1 aromatic heterocycles. The van der Waals surface area contributed by atoms with Crippen LogP contribution < -0.4 is 0 Å². The molecule has 154 valence electrons. The second kappa shape index (κ2) is 9.25. The van der Waals surface area contributed by atoms with Crippen LogP contribution in [0.5, 0.6) is 0 Å². The Balaban J connectivity index is 1.42. The second-order valence-corrected chi connectivity index (χ2v) is 8.14. The summed E-state index contributed by atoms with van der Waals surface area (Å²) in [5.74, 6) is 0.440. The number of rotatable bonds is 6. The number of nitriles is 1. The van der Waals surface area contributed by atoms with Crippen molar-refractivity contribution < 1.29 is 4.74 Å². The van der Waals surface area contributed by atoms with Crippen LogP contribution >= 0.6 is 0 Å².